The molecule has 1 aromatic heterocycles. The molecule has 0 radical (unpaired) electrons. The molecule has 1 aliphatic carbocycles. The van der Waals surface area contributed by atoms with Crippen molar-refractivity contribution < 1.29 is 9.59 Å². The van der Waals surface area contributed by atoms with E-state index in [9.17, 15) is 9.59 Å². The number of aryl methyl sites for hydroxylation is 1. The van der Waals surface area contributed by atoms with Gasteiger partial charge in [0.15, 0.2) is 0 Å². The molecule has 0 saturated carbocycles. The maximum Gasteiger partial charge on any atom is 0.265 e. The molecule has 5 heteroatoms. The van der Waals surface area contributed by atoms with Crippen molar-refractivity contribution in [3.05, 3.63) is 22.4 Å². The monoisotopic (exact) mass is 231 g/mol. The number of aromatic nitrogens is 1. The van der Waals surface area contributed by atoms with Gasteiger partial charge in [0.2, 0.25) is 0 Å². The number of fused-ring (bicyclic) bond motifs is 3. The van der Waals surface area contributed by atoms with Gasteiger partial charge in [0.05, 0.1) is 11.1 Å². The number of amides is 2. The van der Waals surface area contributed by atoms with E-state index in [1.54, 1.807) is 0 Å². The standard InChI is InChI=1S/C12H13N3O2/c1-15-11(16)8-6-4-2-3-5-7(6)14-10(13)9(8)12(15)17/h2-5H2,1H3,(H2,13,14). The molecule has 3 rings (SSSR count). The minimum Gasteiger partial charge on any atom is -0.383 e. The summed E-state index contributed by atoms with van der Waals surface area (Å²) in [6.45, 7) is 0. The Labute approximate surface area is 98.6 Å². The van der Waals surface area contributed by atoms with Crippen LogP contribution < -0.4 is 5.73 Å². The Morgan fingerprint density at radius 1 is 1.12 bits per heavy atom. The SMILES string of the molecule is CN1C(=O)c2c(N)nc3c(c2C1=O)CCCC3. The minimum absolute atomic E-state index is 0.198. The Bertz CT molecular complexity index is 551. The Balaban J connectivity index is 2.32. The first-order chi connectivity index (χ1) is 8.11. The summed E-state index contributed by atoms with van der Waals surface area (Å²) in [4.78, 5) is 29.4. The van der Waals surface area contributed by atoms with Crippen LogP contribution in [-0.4, -0.2) is 28.7 Å². The summed E-state index contributed by atoms with van der Waals surface area (Å²) in [5, 5.41) is 0. The predicted octanol–water partition coefficient (Wildman–Crippen LogP) is 0.768. The lowest BCUT2D eigenvalue weighted by Crippen LogP contribution is -2.24. The lowest BCUT2D eigenvalue weighted by atomic mass is 9.90. The highest BCUT2D eigenvalue weighted by molar-refractivity contribution is 6.23. The van der Waals surface area contributed by atoms with Gasteiger partial charge in [-0.3, -0.25) is 14.5 Å². The number of nitrogen functional groups attached to an aromatic ring is 1. The van der Waals surface area contributed by atoms with Gasteiger partial charge in [0.25, 0.3) is 11.8 Å². The molecule has 0 saturated heterocycles. The zero-order valence-electron chi connectivity index (χ0n) is 9.62. The zero-order valence-corrected chi connectivity index (χ0v) is 9.62. The number of hydrogen-bond donors (Lipinski definition) is 1. The number of carbonyl (C=O) groups excluding carboxylic acids is 2. The molecule has 0 unspecified atom stereocenters. The van der Waals surface area contributed by atoms with Gasteiger partial charge in [0.1, 0.15) is 5.82 Å². The third-order valence-corrected chi connectivity index (χ3v) is 3.54. The molecule has 5 nitrogen and oxygen atoms in total. The predicted molar refractivity (Wildman–Crippen MR) is 61.7 cm³/mol. The van der Waals surface area contributed by atoms with Crippen molar-refractivity contribution in [2.75, 3.05) is 12.8 Å². The summed E-state index contributed by atoms with van der Waals surface area (Å²) in [6.07, 6.45) is 3.77. The van der Waals surface area contributed by atoms with Crippen LogP contribution in [0.4, 0.5) is 5.82 Å². The minimum atomic E-state index is -0.330. The highest BCUT2D eigenvalue weighted by Gasteiger charge is 2.39. The van der Waals surface area contributed by atoms with Crippen molar-refractivity contribution >= 4 is 17.6 Å². The van der Waals surface area contributed by atoms with E-state index in [1.165, 1.54) is 7.05 Å². The van der Waals surface area contributed by atoms with Crippen LogP contribution in [0.2, 0.25) is 0 Å². The summed E-state index contributed by atoms with van der Waals surface area (Å²) in [5.74, 6) is -0.371. The van der Waals surface area contributed by atoms with E-state index in [4.69, 9.17) is 5.73 Å². The Morgan fingerprint density at radius 3 is 2.53 bits per heavy atom. The molecular formula is C12H13N3O2. The highest BCUT2D eigenvalue weighted by Crippen LogP contribution is 2.33. The second kappa shape index (κ2) is 3.29. The first-order valence-electron chi connectivity index (χ1n) is 5.75. The van der Waals surface area contributed by atoms with E-state index in [-0.39, 0.29) is 17.6 Å². The molecule has 2 N–H and O–H groups in total. The molecule has 2 heterocycles. The number of hydrogen-bond acceptors (Lipinski definition) is 4. The Hall–Kier alpha value is -1.91. The average molecular weight is 231 g/mol. The first kappa shape index (κ1) is 10.3. The number of imide groups is 1. The molecule has 2 amide bonds. The zero-order chi connectivity index (χ0) is 12.2. The summed E-state index contributed by atoms with van der Waals surface area (Å²) >= 11 is 0. The van der Waals surface area contributed by atoms with E-state index in [2.05, 4.69) is 4.98 Å². The van der Waals surface area contributed by atoms with Gasteiger partial charge in [-0.15, -0.1) is 0 Å². The lowest BCUT2D eigenvalue weighted by Gasteiger charge is -2.17. The topological polar surface area (TPSA) is 76.3 Å². The summed E-state index contributed by atoms with van der Waals surface area (Å²) in [7, 11) is 1.49. The van der Waals surface area contributed by atoms with E-state index in [0.29, 0.717) is 11.1 Å². The number of rotatable bonds is 0. The largest absolute Gasteiger partial charge is 0.383 e. The fraction of sp³-hybridized carbons (Fsp3) is 0.417. The van der Waals surface area contributed by atoms with Gasteiger partial charge in [-0.1, -0.05) is 0 Å². The van der Waals surface area contributed by atoms with Crippen molar-refractivity contribution in [1.29, 1.82) is 0 Å². The maximum atomic E-state index is 12.1. The van der Waals surface area contributed by atoms with Crippen LogP contribution in [0, 0.1) is 0 Å². The van der Waals surface area contributed by atoms with Crippen LogP contribution in [0.15, 0.2) is 0 Å². The summed E-state index contributed by atoms with van der Waals surface area (Å²) < 4.78 is 0. The van der Waals surface area contributed by atoms with Crippen LogP contribution in [-0.2, 0) is 12.8 Å². The number of anilines is 1. The Kier molecular flexibility index (Phi) is 1.98. The third-order valence-electron chi connectivity index (χ3n) is 3.54. The number of nitrogens with two attached hydrogens (primary N) is 1. The van der Waals surface area contributed by atoms with Gasteiger partial charge in [-0.25, -0.2) is 4.98 Å². The lowest BCUT2D eigenvalue weighted by molar-refractivity contribution is 0.0693. The van der Waals surface area contributed by atoms with Gasteiger partial charge in [-0.05, 0) is 31.2 Å². The highest BCUT2D eigenvalue weighted by atomic mass is 16.2. The normalized spacial score (nSPS) is 18.3. The summed E-state index contributed by atoms with van der Waals surface area (Å²) in [6, 6.07) is 0. The van der Waals surface area contributed by atoms with Crippen LogP contribution in [0.5, 0.6) is 0 Å². The molecule has 0 bridgehead atoms. The van der Waals surface area contributed by atoms with Crippen molar-refractivity contribution in [3.63, 3.8) is 0 Å². The quantitative estimate of drug-likeness (QED) is 0.669. The average Bonchev–Trinajstić information content (AvgIpc) is 2.55. The number of pyridine rings is 1. The molecular weight excluding hydrogens is 218 g/mol. The molecule has 0 atom stereocenters. The van der Waals surface area contributed by atoms with Gasteiger partial charge >= 0.3 is 0 Å². The summed E-state index contributed by atoms with van der Waals surface area (Å²) in [5.41, 5.74) is 8.43. The second-order valence-electron chi connectivity index (χ2n) is 4.55. The molecule has 0 fully saturated rings. The first-order valence-corrected chi connectivity index (χ1v) is 5.75. The van der Waals surface area contributed by atoms with Crippen molar-refractivity contribution in [3.8, 4) is 0 Å². The van der Waals surface area contributed by atoms with E-state index >= 15 is 0 Å². The van der Waals surface area contributed by atoms with E-state index < -0.39 is 0 Å². The third kappa shape index (κ3) is 1.22. The molecule has 17 heavy (non-hydrogen) atoms. The van der Waals surface area contributed by atoms with Gasteiger partial charge < -0.3 is 5.73 Å². The molecule has 1 aromatic rings. The fourth-order valence-corrected chi connectivity index (χ4v) is 2.64. The number of carbonyl (C=O) groups is 2. The van der Waals surface area contributed by atoms with Crippen molar-refractivity contribution in [1.82, 2.24) is 9.88 Å². The van der Waals surface area contributed by atoms with Gasteiger partial charge in [0, 0.05) is 12.7 Å². The molecule has 2 aliphatic rings. The van der Waals surface area contributed by atoms with E-state index in [1.807, 2.05) is 0 Å². The molecule has 0 spiro atoms. The van der Waals surface area contributed by atoms with Crippen LogP contribution in [0.3, 0.4) is 0 Å². The molecule has 0 aromatic carbocycles. The van der Waals surface area contributed by atoms with Gasteiger partial charge in [-0.2, -0.15) is 0 Å². The van der Waals surface area contributed by atoms with E-state index in [0.717, 1.165) is 41.8 Å². The van der Waals surface area contributed by atoms with Crippen LogP contribution in [0.25, 0.3) is 0 Å². The molecule has 88 valence electrons. The van der Waals surface area contributed by atoms with Crippen LogP contribution >= 0.6 is 0 Å². The fourth-order valence-electron chi connectivity index (χ4n) is 2.64. The van der Waals surface area contributed by atoms with Crippen molar-refractivity contribution in [2.45, 2.75) is 25.7 Å². The maximum absolute atomic E-state index is 12.1. The Morgan fingerprint density at radius 2 is 1.76 bits per heavy atom. The molecule has 1 aliphatic heterocycles. The van der Waals surface area contributed by atoms with Crippen LogP contribution in [0.1, 0.15) is 44.8 Å². The van der Waals surface area contributed by atoms with Crippen molar-refractivity contribution in [2.24, 2.45) is 0 Å². The second-order valence-corrected chi connectivity index (χ2v) is 4.55. The smallest absolute Gasteiger partial charge is 0.265 e. The number of nitrogens with zero attached hydrogens (tertiary/aromatic N) is 2.